The van der Waals surface area contributed by atoms with Crippen LogP contribution < -0.4 is 0 Å². The Morgan fingerprint density at radius 3 is 2.38 bits per heavy atom. The van der Waals surface area contributed by atoms with Crippen LogP contribution in [0.15, 0.2) is 42.1 Å². The van der Waals surface area contributed by atoms with Gasteiger partial charge in [0.15, 0.2) is 0 Å². The Bertz CT molecular complexity index is 368. The second-order valence-electron chi connectivity index (χ2n) is 4.49. The third-order valence-electron chi connectivity index (χ3n) is 2.23. The minimum Gasteiger partial charge on any atom is -0.389 e. The Morgan fingerprint density at radius 1 is 1.25 bits per heavy atom. The van der Waals surface area contributed by atoms with Crippen LogP contribution >= 0.6 is 0 Å². The molecular weight excluding hydrogens is 196 g/mol. The van der Waals surface area contributed by atoms with E-state index in [1.165, 1.54) is 5.56 Å². The van der Waals surface area contributed by atoms with Crippen molar-refractivity contribution in [1.82, 2.24) is 0 Å². The maximum Gasteiger partial charge on any atom is 0.0766 e. The molecule has 1 unspecified atom stereocenters. The molecule has 16 heavy (non-hydrogen) atoms. The van der Waals surface area contributed by atoms with Crippen LogP contribution in [0.5, 0.6) is 0 Å². The van der Waals surface area contributed by atoms with Crippen LogP contribution in [0.1, 0.15) is 32.8 Å². The molecule has 1 N–H and O–H groups in total. The van der Waals surface area contributed by atoms with Gasteiger partial charge in [0.1, 0.15) is 0 Å². The predicted octanol–water partition coefficient (Wildman–Crippen LogP) is 3.65. The first kappa shape index (κ1) is 12.8. The molecule has 1 rings (SSSR count). The van der Waals surface area contributed by atoms with Gasteiger partial charge in [-0.2, -0.15) is 0 Å². The van der Waals surface area contributed by atoms with E-state index in [4.69, 9.17) is 0 Å². The van der Waals surface area contributed by atoms with Gasteiger partial charge in [-0.3, -0.25) is 0 Å². The second-order valence-corrected chi connectivity index (χ2v) is 4.49. The number of benzene rings is 1. The molecule has 0 radical (unpaired) electrons. The number of aliphatic hydroxyl groups excluding tert-OH is 1. The van der Waals surface area contributed by atoms with Crippen molar-refractivity contribution in [3.8, 4) is 0 Å². The van der Waals surface area contributed by atoms with Crippen LogP contribution in [0.3, 0.4) is 0 Å². The van der Waals surface area contributed by atoms with Gasteiger partial charge < -0.3 is 5.11 Å². The quantitative estimate of drug-likeness (QED) is 0.762. The zero-order valence-corrected chi connectivity index (χ0v) is 10.3. The van der Waals surface area contributed by atoms with Gasteiger partial charge in [0, 0.05) is 5.57 Å². The van der Waals surface area contributed by atoms with E-state index in [9.17, 15) is 5.11 Å². The fourth-order valence-corrected chi connectivity index (χ4v) is 1.53. The summed E-state index contributed by atoms with van der Waals surface area (Å²) in [5.41, 5.74) is 5.56. The monoisotopic (exact) mass is 216 g/mol. The summed E-state index contributed by atoms with van der Waals surface area (Å²) in [6.45, 7) is 6.12. The Kier molecular flexibility index (Phi) is 5.04. The van der Waals surface area contributed by atoms with Crippen LogP contribution in [0.2, 0.25) is 0 Å². The maximum atomic E-state index is 9.25. The van der Waals surface area contributed by atoms with Crippen LogP contribution in [-0.4, -0.2) is 11.2 Å². The van der Waals surface area contributed by atoms with E-state index in [2.05, 4.69) is 31.7 Å². The molecular formula is C15H20O. The van der Waals surface area contributed by atoms with E-state index >= 15 is 0 Å². The third kappa shape index (κ3) is 4.48. The molecule has 0 aliphatic carbocycles. The lowest BCUT2D eigenvalue weighted by Crippen LogP contribution is -1.93. The van der Waals surface area contributed by atoms with Gasteiger partial charge in [-0.05, 0) is 30.9 Å². The Hall–Kier alpha value is -1.30. The van der Waals surface area contributed by atoms with Gasteiger partial charge in [-0.1, -0.05) is 44.2 Å². The van der Waals surface area contributed by atoms with E-state index in [0.29, 0.717) is 5.92 Å². The molecule has 0 aliphatic rings. The normalized spacial score (nSPS) is 12.1. The van der Waals surface area contributed by atoms with Crippen molar-refractivity contribution in [1.29, 1.82) is 0 Å². The van der Waals surface area contributed by atoms with Crippen LogP contribution in [0.25, 0.3) is 5.57 Å². The third-order valence-corrected chi connectivity index (χ3v) is 2.23. The van der Waals surface area contributed by atoms with Gasteiger partial charge in [-0.15, -0.1) is 5.73 Å². The number of rotatable bonds is 4. The summed E-state index contributed by atoms with van der Waals surface area (Å²) in [5, 5.41) is 9.25. The highest BCUT2D eigenvalue weighted by Gasteiger charge is 2.03. The minimum absolute atomic E-state index is 0.439. The fourth-order valence-electron chi connectivity index (χ4n) is 1.53. The lowest BCUT2D eigenvalue weighted by atomic mass is 9.97. The molecule has 0 saturated heterocycles. The summed E-state index contributed by atoms with van der Waals surface area (Å²) >= 11 is 0. The summed E-state index contributed by atoms with van der Waals surface area (Å²) in [5.74, 6) is 0.588. The molecule has 0 spiro atoms. The first-order valence-corrected chi connectivity index (χ1v) is 5.78. The van der Waals surface area contributed by atoms with Gasteiger partial charge in [-0.25, -0.2) is 0 Å². The molecule has 1 nitrogen and oxygen atoms in total. The zero-order chi connectivity index (χ0) is 12.0. The van der Waals surface area contributed by atoms with Gasteiger partial charge in [0.2, 0.25) is 0 Å². The average molecular weight is 216 g/mol. The molecule has 0 aromatic heterocycles. The van der Waals surface area contributed by atoms with E-state index < -0.39 is 6.10 Å². The maximum absolute atomic E-state index is 9.25. The van der Waals surface area contributed by atoms with Crippen molar-refractivity contribution in [2.24, 2.45) is 5.92 Å². The lowest BCUT2D eigenvalue weighted by molar-refractivity contribution is 0.244. The van der Waals surface area contributed by atoms with Crippen molar-refractivity contribution < 1.29 is 5.11 Å². The van der Waals surface area contributed by atoms with E-state index in [1.54, 1.807) is 13.0 Å². The number of aliphatic hydroxyl groups is 1. The number of hydrogen-bond donors (Lipinski definition) is 1. The molecule has 0 heterocycles. The van der Waals surface area contributed by atoms with Crippen LogP contribution in [0, 0.1) is 5.92 Å². The van der Waals surface area contributed by atoms with Crippen molar-refractivity contribution in [3.63, 3.8) is 0 Å². The standard InChI is InChI=1S/C15H20O/c1-12(2)11-15(10-9-13(3)16)14-7-5-4-6-8-14/h4-9,12-13,16H,11H2,1-3H3. The van der Waals surface area contributed by atoms with Crippen LogP contribution in [-0.2, 0) is 0 Å². The fraction of sp³-hybridized carbons (Fsp3) is 0.400. The Balaban J connectivity index is 3.02. The molecule has 0 saturated carbocycles. The van der Waals surface area contributed by atoms with Crippen molar-refractivity contribution in [2.75, 3.05) is 0 Å². The molecule has 1 aromatic carbocycles. The Morgan fingerprint density at radius 2 is 1.88 bits per heavy atom. The first-order valence-electron chi connectivity index (χ1n) is 5.78. The van der Waals surface area contributed by atoms with E-state index in [0.717, 1.165) is 12.0 Å². The molecule has 0 bridgehead atoms. The predicted molar refractivity (Wildman–Crippen MR) is 69.1 cm³/mol. The Labute approximate surface area is 98.1 Å². The molecule has 1 atom stereocenters. The molecule has 0 amide bonds. The zero-order valence-electron chi connectivity index (χ0n) is 10.3. The van der Waals surface area contributed by atoms with Crippen LogP contribution in [0.4, 0.5) is 0 Å². The molecule has 86 valence electrons. The molecule has 0 fully saturated rings. The van der Waals surface area contributed by atoms with Crippen molar-refractivity contribution in [3.05, 3.63) is 47.7 Å². The average Bonchev–Trinajstić information content (AvgIpc) is 2.25. The SMILES string of the molecule is CC(O)C=C=C(CC(C)C)c1ccccc1. The van der Waals surface area contributed by atoms with Gasteiger partial charge >= 0.3 is 0 Å². The van der Waals surface area contributed by atoms with Gasteiger partial charge in [0.05, 0.1) is 6.10 Å². The minimum atomic E-state index is -0.439. The summed E-state index contributed by atoms with van der Waals surface area (Å²) in [7, 11) is 0. The highest BCUT2D eigenvalue weighted by atomic mass is 16.3. The second kappa shape index (κ2) is 6.32. The first-order chi connectivity index (χ1) is 7.59. The van der Waals surface area contributed by atoms with Crippen molar-refractivity contribution in [2.45, 2.75) is 33.3 Å². The topological polar surface area (TPSA) is 20.2 Å². The molecule has 0 aliphatic heterocycles. The van der Waals surface area contributed by atoms with Gasteiger partial charge in [0.25, 0.3) is 0 Å². The highest BCUT2D eigenvalue weighted by Crippen LogP contribution is 2.21. The van der Waals surface area contributed by atoms with E-state index in [-0.39, 0.29) is 0 Å². The summed E-state index contributed by atoms with van der Waals surface area (Å²) in [6.07, 6.45) is 2.25. The lowest BCUT2D eigenvalue weighted by Gasteiger charge is -2.08. The molecule has 1 heteroatoms. The van der Waals surface area contributed by atoms with Crippen molar-refractivity contribution >= 4 is 5.57 Å². The molecule has 1 aromatic rings. The number of hydrogen-bond acceptors (Lipinski definition) is 1. The highest BCUT2D eigenvalue weighted by molar-refractivity contribution is 5.65. The summed E-state index contributed by atoms with van der Waals surface area (Å²) < 4.78 is 0. The summed E-state index contributed by atoms with van der Waals surface area (Å²) in [6, 6.07) is 10.2. The largest absolute Gasteiger partial charge is 0.389 e. The van der Waals surface area contributed by atoms with E-state index in [1.807, 2.05) is 18.2 Å². The smallest absolute Gasteiger partial charge is 0.0766 e. The summed E-state index contributed by atoms with van der Waals surface area (Å²) in [4.78, 5) is 0.